The van der Waals surface area contributed by atoms with E-state index in [2.05, 4.69) is 188 Å². The topological polar surface area (TPSA) is 38.7 Å². The van der Waals surface area contributed by atoms with E-state index in [4.69, 9.17) is 15.0 Å². The van der Waals surface area contributed by atoms with E-state index in [1.54, 1.807) is 0 Å². The van der Waals surface area contributed by atoms with Gasteiger partial charge in [-0.15, -0.1) is 0 Å². The van der Waals surface area contributed by atoms with Gasteiger partial charge in [-0.2, -0.15) is 0 Å². The fourth-order valence-electron chi connectivity index (χ4n) is 8.53. The van der Waals surface area contributed by atoms with Crippen LogP contribution in [-0.2, 0) is 0 Å². The van der Waals surface area contributed by atoms with Crippen LogP contribution in [-0.4, -0.2) is 15.0 Å². The summed E-state index contributed by atoms with van der Waals surface area (Å²) >= 11 is 0. The maximum absolute atomic E-state index is 5.27. The molecule has 58 heavy (non-hydrogen) atoms. The number of rotatable bonds is 6. The van der Waals surface area contributed by atoms with Gasteiger partial charge in [-0.3, -0.25) is 0 Å². The minimum atomic E-state index is 0.620. The lowest BCUT2D eigenvalue weighted by Crippen LogP contribution is -2.01. The minimum absolute atomic E-state index is 0.620. The molecule has 1 heterocycles. The Morgan fingerprint density at radius 3 is 1.22 bits per heavy atom. The van der Waals surface area contributed by atoms with E-state index in [9.17, 15) is 0 Å². The summed E-state index contributed by atoms with van der Waals surface area (Å²) in [6.07, 6.45) is 0. The summed E-state index contributed by atoms with van der Waals surface area (Å²) in [5.41, 5.74) is 9.52. The zero-order valence-corrected chi connectivity index (χ0v) is 31.5. The Hall–Kier alpha value is -7.75. The quantitative estimate of drug-likeness (QED) is 0.160. The van der Waals surface area contributed by atoms with Crippen LogP contribution in [0.25, 0.3) is 111 Å². The van der Waals surface area contributed by atoms with Crippen LogP contribution in [0.5, 0.6) is 0 Å². The van der Waals surface area contributed by atoms with E-state index in [0.717, 1.165) is 50.1 Å². The lowest BCUT2D eigenvalue weighted by atomic mass is 9.86. The SMILES string of the molecule is c1ccc(-c2cccc(-c3nc(-c4ccccc4)nc(-c4cc(-c5ccccc5)cc(-c5cc6c7ccccc7c7ccccc7c6c6ccccc56)c4)n3)c2)cc1. The van der Waals surface area contributed by atoms with Crippen molar-refractivity contribution in [2.24, 2.45) is 0 Å². The van der Waals surface area contributed by atoms with Crippen LogP contribution in [0.2, 0.25) is 0 Å². The largest absolute Gasteiger partial charge is 0.208 e. The van der Waals surface area contributed by atoms with Crippen LogP contribution in [0, 0.1) is 0 Å². The molecule has 11 rings (SSSR count). The molecule has 0 amide bonds. The number of aromatic nitrogens is 3. The van der Waals surface area contributed by atoms with Gasteiger partial charge >= 0.3 is 0 Å². The van der Waals surface area contributed by atoms with Gasteiger partial charge in [0, 0.05) is 16.7 Å². The smallest absolute Gasteiger partial charge is 0.164 e. The van der Waals surface area contributed by atoms with Gasteiger partial charge in [0.05, 0.1) is 0 Å². The van der Waals surface area contributed by atoms with Gasteiger partial charge in [-0.05, 0) is 107 Å². The van der Waals surface area contributed by atoms with Crippen LogP contribution < -0.4 is 0 Å². The van der Waals surface area contributed by atoms with E-state index in [-0.39, 0.29) is 0 Å². The fraction of sp³-hybridized carbons (Fsp3) is 0. The van der Waals surface area contributed by atoms with Crippen LogP contribution in [0.3, 0.4) is 0 Å². The second-order valence-corrected chi connectivity index (χ2v) is 14.8. The molecule has 270 valence electrons. The van der Waals surface area contributed by atoms with Crippen molar-refractivity contribution in [2.45, 2.75) is 0 Å². The van der Waals surface area contributed by atoms with E-state index in [1.165, 1.54) is 43.1 Å². The van der Waals surface area contributed by atoms with Gasteiger partial charge in [0.1, 0.15) is 0 Å². The Morgan fingerprint density at radius 1 is 0.207 bits per heavy atom. The van der Waals surface area contributed by atoms with E-state index in [1.807, 2.05) is 24.3 Å². The summed E-state index contributed by atoms with van der Waals surface area (Å²) in [7, 11) is 0. The van der Waals surface area contributed by atoms with Gasteiger partial charge in [0.2, 0.25) is 0 Å². The molecule has 0 fully saturated rings. The number of fused-ring (bicyclic) bond motifs is 8. The predicted octanol–water partition coefficient (Wildman–Crippen LogP) is 14.5. The van der Waals surface area contributed by atoms with Crippen LogP contribution in [0.1, 0.15) is 0 Å². The Balaban J connectivity index is 1.18. The summed E-state index contributed by atoms with van der Waals surface area (Å²) in [5, 5.41) is 9.98. The average Bonchev–Trinajstić information content (AvgIpc) is 3.32. The second-order valence-electron chi connectivity index (χ2n) is 14.8. The van der Waals surface area contributed by atoms with Gasteiger partial charge in [-0.25, -0.2) is 15.0 Å². The first-order valence-corrected chi connectivity index (χ1v) is 19.7. The van der Waals surface area contributed by atoms with Crippen molar-refractivity contribution in [2.75, 3.05) is 0 Å². The van der Waals surface area contributed by atoms with Crippen molar-refractivity contribution in [3.8, 4) is 67.5 Å². The Labute approximate surface area is 336 Å². The molecule has 0 saturated carbocycles. The second kappa shape index (κ2) is 14.1. The third kappa shape index (κ3) is 5.89. The average molecular weight is 738 g/mol. The Kier molecular flexibility index (Phi) is 8.15. The van der Waals surface area contributed by atoms with Crippen molar-refractivity contribution in [3.05, 3.63) is 212 Å². The zero-order valence-electron chi connectivity index (χ0n) is 31.5. The number of nitrogens with zero attached hydrogens (tertiary/aromatic N) is 3. The molecule has 0 spiro atoms. The summed E-state index contributed by atoms with van der Waals surface area (Å²) in [4.78, 5) is 15.6. The third-order valence-electron chi connectivity index (χ3n) is 11.3. The molecular formula is C55H35N3. The molecule has 3 heteroatoms. The highest BCUT2D eigenvalue weighted by Crippen LogP contribution is 2.44. The normalized spacial score (nSPS) is 11.4. The molecule has 0 radical (unpaired) electrons. The third-order valence-corrected chi connectivity index (χ3v) is 11.3. The molecule has 0 N–H and O–H groups in total. The first kappa shape index (κ1) is 33.6. The lowest BCUT2D eigenvalue weighted by Gasteiger charge is -2.17. The Bertz CT molecular complexity index is 3320. The van der Waals surface area contributed by atoms with Crippen LogP contribution >= 0.6 is 0 Å². The van der Waals surface area contributed by atoms with Crippen molar-refractivity contribution in [1.29, 1.82) is 0 Å². The Morgan fingerprint density at radius 2 is 0.586 bits per heavy atom. The molecule has 0 aliphatic carbocycles. The van der Waals surface area contributed by atoms with Crippen molar-refractivity contribution in [1.82, 2.24) is 15.0 Å². The van der Waals surface area contributed by atoms with Gasteiger partial charge in [0.25, 0.3) is 0 Å². The zero-order chi connectivity index (χ0) is 38.4. The molecule has 0 bridgehead atoms. The molecule has 1 aromatic heterocycles. The molecule has 0 aliphatic heterocycles. The summed E-state index contributed by atoms with van der Waals surface area (Å²) in [6.45, 7) is 0. The van der Waals surface area contributed by atoms with E-state index in [0.29, 0.717) is 17.5 Å². The minimum Gasteiger partial charge on any atom is -0.208 e. The maximum Gasteiger partial charge on any atom is 0.164 e. The van der Waals surface area contributed by atoms with Crippen LogP contribution in [0.4, 0.5) is 0 Å². The monoisotopic (exact) mass is 737 g/mol. The molecule has 11 aromatic rings. The standard InChI is InChI=1S/C55H35N3/c1-4-17-36(18-5-1)39-23-16-24-40(31-39)54-56-53(38-21-8-3-9-22-38)57-55(58-54)43-33-41(37-19-6-2-7-20-37)32-42(34-43)50-35-51-46-27-11-10-25-44(46)45-26-12-14-29-48(45)52(51)49-30-15-13-28-47(49)50/h1-35H. The van der Waals surface area contributed by atoms with Gasteiger partial charge < -0.3 is 0 Å². The highest BCUT2D eigenvalue weighted by atomic mass is 15.0. The van der Waals surface area contributed by atoms with Crippen LogP contribution in [0.15, 0.2) is 212 Å². The van der Waals surface area contributed by atoms with Crippen molar-refractivity contribution < 1.29 is 0 Å². The fourth-order valence-corrected chi connectivity index (χ4v) is 8.53. The molecule has 0 aliphatic rings. The van der Waals surface area contributed by atoms with E-state index < -0.39 is 0 Å². The highest BCUT2D eigenvalue weighted by molar-refractivity contribution is 6.33. The molecule has 10 aromatic carbocycles. The molecule has 0 unspecified atom stereocenters. The first-order valence-electron chi connectivity index (χ1n) is 19.7. The molecule has 0 saturated heterocycles. The maximum atomic E-state index is 5.27. The molecule has 3 nitrogen and oxygen atoms in total. The number of benzene rings is 10. The molecular weight excluding hydrogens is 703 g/mol. The predicted molar refractivity (Wildman–Crippen MR) is 242 cm³/mol. The highest BCUT2D eigenvalue weighted by Gasteiger charge is 2.19. The summed E-state index contributed by atoms with van der Waals surface area (Å²) in [5.74, 6) is 1.88. The van der Waals surface area contributed by atoms with E-state index >= 15 is 0 Å². The number of hydrogen-bond acceptors (Lipinski definition) is 3. The van der Waals surface area contributed by atoms with Gasteiger partial charge in [-0.1, -0.05) is 182 Å². The number of hydrogen-bond donors (Lipinski definition) is 0. The van der Waals surface area contributed by atoms with Gasteiger partial charge in [0.15, 0.2) is 17.5 Å². The van der Waals surface area contributed by atoms with Crippen molar-refractivity contribution in [3.63, 3.8) is 0 Å². The first-order chi connectivity index (χ1) is 28.7. The lowest BCUT2D eigenvalue weighted by molar-refractivity contribution is 1.07. The summed E-state index contributed by atoms with van der Waals surface area (Å²) < 4.78 is 0. The van der Waals surface area contributed by atoms with Crippen molar-refractivity contribution >= 4 is 43.1 Å². The summed E-state index contributed by atoms with van der Waals surface area (Å²) in [6, 6.07) is 75.4. The molecule has 0 atom stereocenters.